The first-order valence-electron chi connectivity index (χ1n) is 30.5. The van der Waals surface area contributed by atoms with Crippen LogP contribution < -0.4 is 0 Å². The normalized spacial score (nSPS) is 58.4. The van der Waals surface area contributed by atoms with Gasteiger partial charge in [0.05, 0.1) is 110 Å². The third kappa shape index (κ3) is 9.16. The standard InChI is InChI=1S/C59H84O18.CO2/c1-25-15-32-9-11-36-26(2)16-34(64-36)13-14-59-55(62)56(8)54(77-59)53-52(74-56)51(76-59)50-37(68-53)12-10-33(66-50)17-45(61)70-49-30(6)48-41(67-40(49)19-38(65-32)29(25)5)20-39-43(69-48)23-58(71-39)24-44-47(75-58)28(4)22-57(73-44)21-27(3)46-42(72-57)18-35(60)31(7)63-46;2-1-3/h25,27-28,30-44,46-55,60,62H,2,5,9-24H2,1,3-4,6-8H3;/t25-,27+,28+,30+,31-,32+,33-,34+,35-,36+,37+,38?,39-,40+,41+,42+,43-,44+,46+,47+,48+,49-,50+,51+,52+,53?,54+,55-,56-,57-,58-,59-;/m1./s1. The van der Waals surface area contributed by atoms with Gasteiger partial charge in [0.15, 0.2) is 17.4 Å². The fourth-order valence-electron chi connectivity index (χ4n) is 18.1. The summed E-state index contributed by atoms with van der Waals surface area (Å²) in [5.41, 5.74) is 1.06. The van der Waals surface area contributed by atoms with Gasteiger partial charge in [0.1, 0.15) is 48.3 Å². The van der Waals surface area contributed by atoms with E-state index in [1.165, 1.54) is 0 Å². The van der Waals surface area contributed by atoms with Gasteiger partial charge in [-0.2, -0.15) is 9.59 Å². The highest BCUT2D eigenvalue weighted by molar-refractivity contribution is 5.70. The highest BCUT2D eigenvalue weighted by atomic mass is 16.8. The molecule has 2 unspecified atom stereocenters. The number of fused-ring (bicyclic) bond motifs is 10. The second-order valence-corrected chi connectivity index (χ2v) is 27.4. The lowest BCUT2D eigenvalue weighted by Gasteiger charge is -2.54. The van der Waals surface area contributed by atoms with E-state index in [4.69, 9.17) is 80.6 Å². The SMILES string of the molecule is C=C1C2C[C@@H]3O[C@H]4C[C@H]5O[C@]6(C[C@@H]7O[C@]8(C[C@H](C)[C@@H]9O[C@H](C)[C@H](O)C[C@@H]9O8)C[C@H](C)[C@@H]7O6)C[C@H]5O[C@H]4[C@H](C)[C@H]3OC(=O)C[C@H]3CC[C@@H]4OC5[C@H]6O[C@]7(C)[C@H]5O[C@@](CC[C@H]5CC(=C)[C@H](CC[C@@H](C[C@H]1C)O2)O5)(O[C@H]6[C@H]4O3)[C@@H]7O.O=C=O. The smallest absolute Gasteiger partial charge is 0.373 e. The van der Waals surface area contributed by atoms with Gasteiger partial charge in [0, 0.05) is 57.3 Å². The number of aliphatic hydroxyl groups excluding tert-OH is 2. The maximum absolute atomic E-state index is 14.6. The molecule has 16 rings (SSSR count). The van der Waals surface area contributed by atoms with Crippen molar-refractivity contribution in [3.63, 3.8) is 0 Å². The monoisotopic (exact) mass is 1120 g/mol. The average Bonchev–Trinajstić information content (AvgIpc) is 2.27. The van der Waals surface area contributed by atoms with Crippen molar-refractivity contribution in [2.75, 3.05) is 0 Å². The van der Waals surface area contributed by atoms with Gasteiger partial charge in [-0.05, 0) is 87.7 Å². The quantitative estimate of drug-likeness (QED) is 0.241. The molecular formula is C60H84O20. The largest absolute Gasteiger partial charge is 0.459 e. The Morgan fingerprint density at radius 3 is 2.01 bits per heavy atom. The minimum absolute atomic E-state index is 0.0266. The van der Waals surface area contributed by atoms with Crippen LogP contribution in [0.4, 0.5) is 0 Å². The zero-order valence-electron chi connectivity index (χ0n) is 47.1. The van der Waals surface area contributed by atoms with Crippen molar-refractivity contribution in [3.05, 3.63) is 24.3 Å². The number of rotatable bonds is 0. The highest BCUT2D eigenvalue weighted by Crippen LogP contribution is 2.60. The molecule has 0 aromatic rings. The van der Waals surface area contributed by atoms with Crippen molar-refractivity contribution in [2.24, 2.45) is 23.7 Å². The lowest BCUT2D eigenvalue weighted by molar-refractivity contribution is -0.370. The summed E-state index contributed by atoms with van der Waals surface area (Å²) in [5.74, 6) is -3.11. The van der Waals surface area contributed by atoms with E-state index in [1.807, 2.05) is 13.8 Å². The topological polar surface area (TPSA) is 230 Å². The molecule has 0 aromatic carbocycles. The summed E-state index contributed by atoms with van der Waals surface area (Å²) >= 11 is 0. The molecule has 16 heterocycles. The Labute approximate surface area is 468 Å². The summed E-state index contributed by atoms with van der Waals surface area (Å²) < 4.78 is 103. The third-order valence-corrected chi connectivity index (χ3v) is 22.0. The molecule has 16 saturated heterocycles. The number of hydrogen-bond donors (Lipinski definition) is 2. The van der Waals surface area contributed by atoms with Crippen LogP contribution in [0, 0.1) is 23.7 Å². The van der Waals surface area contributed by atoms with Crippen LogP contribution in [-0.4, -0.2) is 192 Å². The summed E-state index contributed by atoms with van der Waals surface area (Å²) in [6.07, 6.45) is 0.712. The molecule has 20 nitrogen and oxygen atoms in total. The van der Waals surface area contributed by atoms with Crippen LogP contribution in [-0.2, 0) is 85.4 Å². The van der Waals surface area contributed by atoms with E-state index in [-0.39, 0.29) is 128 Å². The van der Waals surface area contributed by atoms with Gasteiger partial charge < -0.3 is 81.3 Å². The lowest BCUT2D eigenvalue weighted by Crippen LogP contribution is -2.63. The highest BCUT2D eigenvalue weighted by Gasteiger charge is 2.77. The third-order valence-electron chi connectivity index (χ3n) is 22.0. The van der Waals surface area contributed by atoms with Crippen LogP contribution >= 0.6 is 0 Å². The second-order valence-electron chi connectivity index (χ2n) is 27.4. The van der Waals surface area contributed by atoms with Gasteiger partial charge in [0.25, 0.3) is 0 Å². The summed E-state index contributed by atoms with van der Waals surface area (Å²) in [7, 11) is 0. The molecule has 2 N–H and O–H groups in total. The van der Waals surface area contributed by atoms with Crippen molar-refractivity contribution < 1.29 is 95.6 Å². The molecule has 0 amide bonds. The molecular weight excluding hydrogens is 1040 g/mol. The van der Waals surface area contributed by atoms with E-state index in [9.17, 15) is 15.0 Å². The first kappa shape index (κ1) is 55.6. The number of esters is 1. The molecule has 0 aliphatic carbocycles. The van der Waals surface area contributed by atoms with Crippen molar-refractivity contribution in [1.82, 2.24) is 0 Å². The molecule has 0 aromatic heterocycles. The number of aliphatic hydroxyl groups is 2. The molecule has 444 valence electrons. The summed E-state index contributed by atoms with van der Waals surface area (Å²) in [6, 6.07) is 0. The predicted octanol–water partition coefficient (Wildman–Crippen LogP) is 4.98. The minimum atomic E-state index is -1.34. The Morgan fingerprint density at radius 2 is 1.20 bits per heavy atom. The summed E-state index contributed by atoms with van der Waals surface area (Å²) in [6.45, 7) is 21.7. The Morgan fingerprint density at radius 1 is 0.525 bits per heavy atom. The molecule has 16 aliphatic heterocycles. The first-order chi connectivity index (χ1) is 38.3. The Hall–Kier alpha value is -2.31. The zero-order chi connectivity index (χ0) is 55.5. The van der Waals surface area contributed by atoms with Crippen molar-refractivity contribution in [1.29, 1.82) is 0 Å². The van der Waals surface area contributed by atoms with E-state index in [1.54, 1.807) is 0 Å². The fraction of sp³-hybridized carbons (Fsp3) is 0.900. The lowest BCUT2D eigenvalue weighted by atomic mass is 9.78. The Kier molecular flexibility index (Phi) is 14.2. The Balaban J connectivity index is 0.00000188. The van der Waals surface area contributed by atoms with Crippen LogP contribution in [0.5, 0.6) is 0 Å². The predicted molar refractivity (Wildman–Crippen MR) is 273 cm³/mol. The average molecular weight is 1130 g/mol. The number of hydrogen-bond acceptors (Lipinski definition) is 20. The van der Waals surface area contributed by atoms with Gasteiger partial charge >= 0.3 is 12.1 Å². The summed E-state index contributed by atoms with van der Waals surface area (Å²) in [4.78, 5) is 30.8. The first-order valence-corrected chi connectivity index (χ1v) is 30.5. The zero-order valence-corrected chi connectivity index (χ0v) is 47.1. The second kappa shape index (κ2) is 20.4. The van der Waals surface area contributed by atoms with Crippen LogP contribution in [0.25, 0.3) is 0 Å². The minimum Gasteiger partial charge on any atom is -0.459 e. The van der Waals surface area contributed by atoms with Gasteiger partial charge in [-0.3, -0.25) is 4.79 Å². The van der Waals surface area contributed by atoms with Crippen molar-refractivity contribution >= 4 is 12.1 Å². The maximum Gasteiger partial charge on any atom is 0.373 e. The number of carbonyl (C=O) groups is 1. The molecule has 3 spiro atoms. The number of carbonyl (C=O) groups excluding carboxylic acids is 3. The molecule has 16 fully saturated rings. The van der Waals surface area contributed by atoms with Gasteiger partial charge in [0.2, 0.25) is 0 Å². The molecule has 0 saturated carbocycles. The van der Waals surface area contributed by atoms with Crippen LogP contribution in [0.15, 0.2) is 24.3 Å². The molecule has 80 heavy (non-hydrogen) atoms. The molecule has 16 aliphatic rings. The maximum atomic E-state index is 14.6. The van der Waals surface area contributed by atoms with Crippen molar-refractivity contribution in [2.45, 2.75) is 314 Å². The fourth-order valence-corrected chi connectivity index (χ4v) is 18.1. The summed E-state index contributed by atoms with van der Waals surface area (Å²) in [5, 5.41) is 22.9. The van der Waals surface area contributed by atoms with Gasteiger partial charge in [-0.1, -0.05) is 40.9 Å². The van der Waals surface area contributed by atoms with E-state index in [2.05, 4.69) is 40.9 Å². The van der Waals surface area contributed by atoms with E-state index in [0.29, 0.717) is 70.6 Å². The molecule has 0 radical (unpaired) electrons. The Bertz CT molecular complexity index is 2440. The van der Waals surface area contributed by atoms with Crippen molar-refractivity contribution in [3.8, 4) is 0 Å². The van der Waals surface area contributed by atoms with Gasteiger partial charge in [-0.15, -0.1) is 0 Å². The van der Waals surface area contributed by atoms with Crippen LogP contribution in [0.3, 0.4) is 0 Å². The molecule has 20 heteroatoms. The molecule has 12 bridgehead atoms. The van der Waals surface area contributed by atoms with E-state index >= 15 is 0 Å². The van der Waals surface area contributed by atoms with E-state index < -0.39 is 84.0 Å². The van der Waals surface area contributed by atoms with Gasteiger partial charge in [-0.25, -0.2) is 0 Å². The van der Waals surface area contributed by atoms with Crippen LogP contribution in [0.2, 0.25) is 0 Å². The van der Waals surface area contributed by atoms with E-state index in [0.717, 1.165) is 36.8 Å². The molecule has 32 atom stereocenters. The number of ether oxygens (including phenoxy) is 15. The van der Waals surface area contributed by atoms with Crippen LogP contribution in [0.1, 0.15) is 144 Å².